The molecule has 0 bridgehead atoms. The highest BCUT2D eigenvalue weighted by molar-refractivity contribution is 7.91. The zero-order chi connectivity index (χ0) is 20.8. The number of aryl methyl sites for hydroxylation is 1. The number of sulfone groups is 1. The minimum Gasteiger partial charge on any atom is -0.495 e. The van der Waals surface area contributed by atoms with E-state index in [9.17, 15) is 13.2 Å². The number of halogens is 1. The number of carbonyl (C=O) groups is 1. The third kappa shape index (κ3) is 3.99. The number of hydrogen-bond donors (Lipinski definition) is 0. The number of anilines is 1. The van der Waals surface area contributed by atoms with E-state index >= 15 is 0 Å². The molecular formula is C21H23ClN2O4S. The number of methoxy groups -OCH3 is 1. The molecule has 0 spiro atoms. The van der Waals surface area contributed by atoms with Crippen molar-refractivity contribution in [2.24, 2.45) is 0 Å². The van der Waals surface area contributed by atoms with Crippen LogP contribution in [0.3, 0.4) is 0 Å². The Hall–Kier alpha value is -2.09. The van der Waals surface area contributed by atoms with Crippen LogP contribution in [0.1, 0.15) is 11.1 Å². The highest BCUT2D eigenvalue weighted by Crippen LogP contribution is 2.35. The van der Waals surface area contributed by atoms with E-state index < -0.39 is 15.9 Å². The summed E-state index contributed by atoms with van der Waals surface area (Å²) in [5, 5.41) is 0.386. The molecule has 154 valence electrons. The second kappa shape index (κ2) is 7.63. The van der Waals surface area contributed by atoms with E-state index in [1.807, 2.05) is 36.1 Å². The molecule has 0 saturated carbocycles. The van der Waals surface area contributed by atoms with Crippen molar-refractivity contribution >= 4 is 33.0 Å². The molecule has 0 aromatic heterocycles. The predicted octanol–water partition coefficient (Wildman–Crippen LogP) is 2.67. The maximum atomic E-state index is 13.1. The van der Waals surface area contributed by atoms with Crippen LogP contribution in [-0.2, 0) is 21.2 Å². The fraction of sp³-hybridized carbons (Fsp3) is 0.381. The summed E-state index contributed by atoms with van der Waals surface area (Å²) in [6, 6.07) is 12.5. The molecule has 8 heteroatoms. The Morgan fingerprint density at radius 2 is 1.79 bits per heavy atom. The largest absolute Gasteiger partial charge is 0.495 e. The number of piperazine rings is 1. The zero-order valence-corrected chi connectivity index (χ0v) is 17.9. The number of benzene rings is 2. The van der Waals surface area contributed by atoms with Gasteiger partial charge in [0.25, 0.3) is 0 Å². The molecule has 2 heterocycles. The molecule has 2 saturated heterocycles. The van der Waals surface area contributed by atoms with Crippen molar-refractivity contribution in [1.29, 1.82) is 0 Å². The molecular weight excluding hydrogens is 412 g/mol. The van der Waals surface area contributed by atoms with Crippen molar-refractivity contribution in [2.75, 3.05) is 30.1 Å². The number of hydrogen-bond acceptors (Lipinski definition) is 5. The molecule has 29 heavy (non-hydrogen) atoms. The van der Waals surface area contributed by atoms with E-state index in [4.69, 9.17) is 16.3 Å². The van der Waals surface area contributed by atoms with Crippen molar-refractivity contribution in [1.82, 2.24) is 4.90 Å². The van der Waals surface area contributed by atoms with Gasteiger partial charge in [-0.2, -0.15) is 0 Å². The summed E-state index contributed by atoms with van der Waals surface area (Å²) in [5.41, 5.74) is 2.82. The first-order valence-corrected chi connectivity index (χ1v) is 11.6. The van der Waals surface area contributed by atoms with Gasteiger partial charge in [0.05, 0.1) is 36.2 Å². The summed E-state index contributed by atoms with van der Waals surface area (Å²) in [6.07, 6.45) is 0. The lowest BCUT2D eigenvalue weighted by atomic mass is 10.0. The van der Waals surface area contributed by atoms with Crippen molar-refractivity contribution in [3.63, 3.8) is 0 Å². The highest BCUT2D eigenvalue weighted by atomic mass is 35.5. The summed E-state index contributed by atoms with van der Waals surface area (Å²) >= 11 is 6.25. The van der Waals surface area contributed by atoms with Gasteiger partial charge in [-0.05, 0) is 30.7 Å². The average Bonchev–Trinajstić information content (AvgIpc) is 2.99. The summed E-state index contributed by atoms with van der Waals surface area (Å²) < 4.78 is 30.1. The zero-order valence-electron chi connectivity index (χ0n) is 16.3. The van der Waals surface area contributed by atoms with Gasteiger partial charge < -0.3 is 9.64 Å². The van der Waals surface area contributed by atoms with Crippen molar-refractivity contribution < 1.29 is 17.9 Å². The third-order valence-electron chi connectivity index (χ3n) is 5.62. The Balaban J connectivity index is 1.66. The van der Waals surface area contributed by atoms with Crippen LogP contribution in [0.25, 0.3) is 0 Å². The normalized spacial score (nSPS) is 23.8. The van der Waals surface area contributed by atoms with Gasteiger partial charge in [0.2, 0.25) is 5.91 Å². The van der Waals surface area contributed by atoms with Crippen LogP contribution >= 0.6 is 11.6 Å². The van der Waals surface area contributed by atoms with E-state index in [-0.39, 0.29) is 30.0 Å². The van der Waals surface area contributed by atoms with Gasteiger partial charge in [-0.3, -0.25) is 9.69 Å². The first kappa shape index (κ1) is 20.2. The SMILES string of the molecule is COc1ccc(N2C(=O)CN(Cc3ccc(C)cc3)[C@H]3CS(=O)(=O)C[C@H]32)cc1Cl. The van der Waals surface area contributed by atoms with Crippen LogP contribution in [0.5, 0.6) is 5.75 Å². The van der Waals surface area contributed by atoms with Crippen LogP contribution in [0.2, 0.25) is 5.02 Å². The average molecular weight is 435 g/mol. The monoisotopic (exact) mass is 434 g/mol. The lowest BCUT2D eigenvalue weighted by Gasteiger charge is -2.43. The van der Waals surface area contributed by atoms with Crippen LogP contribution in [0.15, 0.2) is 42.5 Å². The summed E-state index contributed by atoms with van der Waals surface area (Å²) in [7, 11) is -1.72. The van der Waals surface area contributed by atoms with Gasteiger partial charge in [-0.15, -0.1) is 0 Å². The van der Waals surface area contributed by atoms with Gasteiger partial charge in [0.15, 0.2) is 9.84 Å². The molecule has 1 amide bonds. The van der Waals surface area contributed by atoms with Crippen LogP contribution in [-0.4, -0.2) is 56.5 Å². The van der Waals surface area contributed by atoms with Gasteiger partial charge >= 0.3 is 0 Å². The van der Waals surface area contributed by atoms with Gasteiger partial charge in [0.1, 0.15) is 5.75 Å². The fourth-order valence-electron chi connectivity index (χ4n) is 4.20. The molecule has 2 aromatic rings. The molecule has 0 N–H and O–H groups in total. The Bertz CT molecular complexity index is 1040. The Kier molecular flexibility index (Phi) is 5.31. The molecule has 0 unspecified atom stereocenters. The molecule has 6 nitrogen and oxygen atoms in total. The van der Waals surface area contributed by atoms with Crippen LogP contribution in [0, 0.1) is 6.92 Å². The van der Waals surface area contributed by atoms with Gasteiger partial charge in [0, 0.05) is 18.3 Å². The molecule has 2 aromatic carbocycles. The number of nitrogens with zero attached hydrogens (tertiary/aromatic N) is 2. The second-order valence-electron chi connectivity index (χ2n) is 7.68. The number of fused-ring (bicyclic) bond motifs is 1. The minimum absolute atomic E-state index is 0.0442. The lowest BCUT2D eigenvalue weighted by molar-refractivity contribution is -0.123. The standard InChI is InChI=1S/C21H23ClN2O4S/c1-14-3-5-15(6-4-14)10-23-11-21(25)24(19-13-29(26,27)12-18(19)23)16-7-8-20(28-2)17(22)9-16/h3-9,18-19H,10-13H2,1-2H3/t18-,19+/m0/s1. The number of amides is 1. The maximum Gasteiger partial charge on any atom is 0.241 e. The van der Waals surface area contributed by atoms with Gasteiger partial charge in [-0.1, -0.05) is 41.4 Å². The first-order chi connectivity index (χ1) is 13.8. The minimum atomic E-state index is -3.24. The third-order valence-corrected chi connectivity index (χ3v) is 7.62. The van der Waals surface area contributed by atoms with Crippen molar-refractivity contribution in [3.8, 4) is 5.75 Å². The highest BCUT2D eigenvalue weighted by Gasteiger charge is 2.49. The number of carbonyl (C=O) groups excluding carboxylic acids is 1. The molecule has 0 aliphatic carbocycles. The summed E-state index contributed by atoms with van der Waals surface area (Å²) in [5.74, 6) is 0.391. The van der Waals surface area contributed by atoms with E-state index in [2.05, 4.69) is 0 Å². The smallest absolute Gasteiger partial charge is 0.241 e. The van der Waals surface area contributed by atoms with Crippen LogP contribution in [0.4, 0.5) is 5.69 Å². The first-order valence-electron chi connectivity index (χ1n) is 9.43. The second-order valence-corrected chi connectivity index (χ2v) is 10.2. The molecule has 2 atom stereocenters. The van der Waals surface area contributed by atoms with E-state index in [1.54, 1.807) is 23.1 Å². The molecule has 2 fully saturated rings. The molecule has 4 rings (SSSR count). The number of ether oxygens (including phenoxy) is 1. The van der Waals surface area contributed by atoms with E-state index in [0.29, 0.717) is 23.0 Å². The Labute approximate surface area is 175 Å². The topological polar surface area (TPSA) is 66.9 Å². The van der Waals surface area contributed by atoms with Gasteiger partial charge in [-0.25, -0.2) is 8.42 Å². The lowest BCUT2D eigenvalue weighted by Crippen LogP contribution is -2.61. The molecule has 0 radical (unpaired) electrons. The Morgan fingerprint density at radius 1 is 1.10 bits per heavy atom. The fourth-order valence-corrected chi connectivity index (χ4v) is 6.43. The maximum absolute atomic E-state index is 13.1. The quantitative estimate of drug-likeness (QED) is 0.740. The summed E-state index contributed by atoms with van der Waals surface area (Å²) in [4.78, 5) is 16.7. The number of rotatable bonds is 4. The summed E-state index contributed by atoms with van der Waals surface area (Å²) in [6.45, 7) is 2.72. The van der Waals surface area contributed by atoms with E-state index in [1.165, 1.54) is 7.11 Å². The van der Waals surface area contributed by atoms with Crippen molar-refractivity contribution in [2.45, 2.75) is 25.6 Å². The molecule has 2 aliphatic rings. The Morgan fingerprint density at radius 3 is 2.45 bits per heavy atom. The molecule has 2 aliphatic heterocycles. The predicted molar refractivity (Wildman–Crippen MR) is 113 cm³/mol. The van der Waals surface area contributed by atoms with E-state index in [0.717, 1.165) is 11.1 Å². The van der Waals surface area contributed by atoms with Crippen LogP contribution < -0.4 is 9.64 Å². The van der Waals surface area contributed by atoms with Crippen molar-refractivity contribution in [3.05, 3.63) is 58.6 Å².